The highest BCUT2D eigenvalue weighted by Crippen LogP contribution is 2.69. The summed E-state index contributed by atoms with van der Waals surface area (Å²) in [5, 5.41) is 11.1. The van der Waals surface area contributed by atoms with Gasteiger partial charge in [0.2, 0.25) is 11.8 Å². The Labute approximate surface area is 234 Å². The maximum absolute atomic E-state index is 13.8. The van der Waals surface area contributed by atoms with E-state index in [1.165, 1.54) is 0 Å². The Morgan fingerprint density at radius 2 is 1.84 bits per heavy atom. The molecule has 0 spiro atoms. The summed E-state index contributed by atoms with van der Waals surface area (Å²) in [6.45, 7) is 3.82. The Morgan fingerprint density at radius 1 is 1.16 bits per heavy atom. The van der Waals surface area contributed by atoms with E-state index >= 15 is 0 Å². The first-order valence-electron chi connectivity index (χ1n) is 12.9. The highest BCUT2D eigenvalue weighted by molar-refractivity contribution is 8.00. The lowest BCUT2D eigenvalue weighted by Crippen LogP contribution is -2.47. The number of benzene rings is 1. The van der Waals surface area contributed by atoms with Crippen LogP contribution in [0.25, 0.3) is 0 Å². The molecule has 2 amide bonds. The van der Waals surface area contributed by atoms with Crippen molar-refractivity contribution in [1.29, 1.82) is 0 Å². The molecule has 0 radical (unpaired) electrons. The lowest BCUT2D eigenvalue weighted by molar-refractivity contribution is -0.156. The molecule has 2 aromatic rings. The van der Waals surface area contributed by atoms with E-state index < -0.39 is 23.8 Å². The van der Waals surface area contributed by atoms with Gasteiger partial charge in [-0.1, -0.05) is 19.9 Å². The van der Waals surface area contributed by atoms with Crippen molar-refractivity contribution in [2.45, 2.75) is 48.9 Å². The number of rotatable bonds is 7. The van der Waals surface area contributed by atoms with E-state index in [0.29, 0.717) is 15.5 Å². The molecule has 1 aromatic heterocycles. The number of methoxy groups -OCH3 is 2. The number of amides is 2. The summed E-state index contributed by atoms with van der Waals surface area (Å²) in [5.41, 5.74) is 1.06. The lowest BCUT2D eigenvalue weighted by atomic mass is 9.68. The SMILES string of the molecule is COc1ccc(C2c3sc(=S)[nH]c3SC3C4CC(C5C(=O)N(C(CC(C)C)C(=O)O)C(=O)C45)C23)cc1OC. The molecule has 202 valence electrons. The average Bonchev–Trinajstić information content (AvgIpc) is 3.61. The van der Waals surface area contributed by atoms with Crippen molar-refractivity contribution in [3.8, 4) is 11.5 Å². The van der Waals surface area contributed by atoms with Gasteiger partial charge in [0.25, 0.3) is 0 Å². The Bertz CT molecular complexity index is 1390. The van der Waals surface area contributed by atoms with E-state index in [2.05, 4.69) is 4.98 Å². The second-order valence-corrected chi connectivity index (χ2v) is 14.0. The van der Waals surface area contributed by atoms with Crippen molar-refractivity contribution in [3.05, 3.63) is 32.6 Å². The highest BCUT2D eigenvalue weighted by atomic mass is 32.2. The fraction of sp³-hybridized carbons (Fsp3) is 0.556. The number of aromatic amines is 1. The van der Waals surface area contributed by atoms with Crippen molar-refractivity contribution in [2.24, 2.45) is 35.5 Å². The van der Waals surface area contributed by atoms with Gasteiger partial charge in [0, 0.05) is 16.0 Å². The molecule has 8 atom stereocenters. The first-order valence-corrected chi connectivity index (χ1v) is 15.0. The molecule has 2 saturated carbocycles. The fourth-order valence-corrected chi connectivity index (χ4v) is 10.9. The van der Waals surface area contributed by atoms with E-state index in [1.807, 2.05) is 32.0 Å². The molecule has 1 aromatic carbocycles. The van der Waals surface area contributed by atoms with Gasteiger partial charge in [0.1, 0.15) is 6.04 Å². The molecule has 2 aliphatic carbocycles. The van der Waals surface area contributed by atoms with E-state index in [4.69, 9.17) is 21.7 Å². The first kappa shape index (κ1) is 25.9. The van der Waals surface area contributed by atoms with Gasteiger partial charge < -0.3 is 19.6 Å². The number of fused-ring (bicyclic) bond motifs is 9. The molecule has 2 N–H and O–H groups in total. The number of carboxylic acid groups (broad SMARTS) is 1. The molecular weight excluding hydrogens is 545 g/mol. The van der Waals surface area contributed by atoms with Gasteiger partial charge in [-0.15, -0.1) is 23.1 Å². The number of carbonyl (C=O) groups is 3. The molecule has 2 aliphatic heterocycles. The van der Waals surface area contributed by atoms with Crippen LogP contribution >= 0.6 is 35.3 Å². The maximum atomic E-state index is 13.8. The van der Waals surface area contributed by atoms with Gasteiger partial charge >= 0.3 is 5.97 Å². The fourth-order valence-electron chi connectivity index (χ4n) is 7.53. The van der Waals surface area contributed by atoms with E-state index in [1.54, 1.807) is 37.3 Å². The largest absolute Gasteiger partial charge is 0.493 e. The number of likely N-dealkylation sites (tertiary alicyclic amines) is 1. The molecule has 6 rings (SSSR count). The van der Waals surface area contributed by atoms with Crippen LogP contribution in [0.2, 0.25) is 0 Å². The van der Waals surface area contributed by atoms with Crippen LogP contribution in [0.5, 0.6) is 11.5 Å². The zero-order valence-corrected chi connectivity index (χ0v) is 24.0. The smallest absolute Gasteiger partial charge is 0.326 e. The number of carbonyl (C=O) groups excluding carboxylic acids is 2. The zero-order chi connectivity index (χ0) is 27.0. The number of ether oxygens (including phenoxy) is 2. The number of thiazole rings is 1. The van der Waals surface area contributed by atoms with Crippen LogP contribution < -0.4 is 9.47 Å². The van der Waals surface area contributed by atoms with Crippen LogP contribution in [0.4, 0.5) is 0 Å². The molecule has 4 aliphatic rings. The number of carboxylic acids is 1. The lowest BCUT2D eigenvalue weighted by Gasteiger charge is -2.43. The number of thioether (sulfide) groups is 1. The number of hydrogen-bond donors (Lipinski definition) is 2. The summed E-state index contributed by atoms with van der Waals surface area (Å²) in [7, 11) is 3.22. The Hall–Kier alpha value is -2.37. The molecule has 3 fully saturated rings. The van der Waals surface area contributed by atoms with Gasteiger partial charge in [-0.3, -0.25) is 14.5 Å². The van der Waals surface area contributed by atoms with Crippen molar-refractivity contribution in [2.75, 3.05) is 14.2 Å². The van der Waals surface area contributed by atoms with E-state index in [0.717, 1.165) is 26.8 Å². The van der Waals surface area contributed by atoms with Gasteiger partial charge in [0.05, 0.1) is 31.1 Å². The third-order valence-electron chi connectivity index (χ3n) is 8.82. The predicted molar refractivity (Wildman–Crippen MR) is 145 cm³/mol. The van der Waals surface area contributed by atoms with Crippen LogP contribution in [0, 0.1) is 39.5 Å². The maximum Gasteiger partial charge on any atom is 0.326 e. The monoisotopic (exact) mass is 574 g/mol. The summed E-state index contributed by atoms with van der Waals surface area (Å²) < 4.78 is 11.8. The van der Waals surface area contributed by atoms with Gasteiger partial charge in [-0.2, -0.15) is 0 Å². The summed E-state index contributed by atoms with van der Waals surface area (Å²) >= 11 is 8.84. The van der Waals surface area contributed by atoms with Crippen LogP contribution in [0.15, 0.2) is 23.2 Å². The Kier molecular flexibility index (Phi) is 6.39. The van der Waals surface area contributed by atoms with Crippen LogP contribution in [-0.2, 0) is 14.4 Å². The molecule has 3 heterocycles. The Morgan fingerprint density at radius 3 is 2.47 bits per heavy atom. The molecular formula is C27H30N2O6S3. The number of nitrogens with one attached hydrogen (secondary N) is 1. The van der Waals surface area contributed by atoms with Crippen molar-refractivity contribution < 1.29 is 29.0 Å². The van der Waals surface area contributed by atoms with Gasteiger partial charge in [-0.05, 0) is 66.4 Å². The van der Waals surface area contributed by atoms with Gasteiger partial charge in [-0.25, -0.2) is 4.79 Å². The molecule has 1 saturated heterocycles. The summed E-state index contributed by atoms with van der Waals surface area (Å²) in [6, 6.07) is 4.84. The number of aromatic nitrogens is 1. The number of imide groups is 1. The number of nitrogens with zero attached hydrogens (tertiary/aromatic N) is 1. The summed E-state index contributed by atoms with van der Waals surface area (Å²) in [4.78, 5) is 45.4. The third kappa shape index (κ3) is 3.68. The van der Waals surface area contributed by atoms with Crippen LogP contribution in [-0.4, -0.2) is 58.3 Å². The minimum absolute atomic E-state index is 0.00705. The predicted octanol–water partition coefficient (Wildman–Crippen LogP) is 4.80. The minimum atomic E-state index is -1.12. The van der Waals surface area contributed by atoms with E-state index in [9.17, 15) is 19.5 Å². The van der Waals surface area contributed by atoms with Gasteiger partial charge in [0.15, 0.2) is 15.5 Å². The standard InChI is InChI=1S/C27H30N2O6S3/c1-10(2)7-14(26(32)33)29-24(30)19-12-9-13(20(19)25(29)31)21-18(12)17(22-23(37-21)28-27(36)38-22)11-5-6-15(34-3)16(8-11)35-4/h5-6,8,10,12-14,17-21H,7,9H2,1-4H3,(H,28,36)(H,32,33). The highest BCUT2D eigenvalue weighted by Gasteiger charge is 2.70. The number of aliphatic carboxylic acids is 1. The Balaban J connectivity index is 1.43. The molecule has 8 nitrogen and oxygen atoms in total. The zero-order valence-electron chi connectivity index (χ0n) is 21.5. The molecule has 8 unspecified atom stereocenters. The van der Waals surface area contributed by atoms with Crippen molar-refractivity contribution >= 4 is 53.1 Å². The molecule has 2 bridgehead atoms. The van der Waals surface area contributed by atoms with Crippen molar-refractivity contribution in [3.63, 3.8) is 0 Å². The van der Waals surface area contributed by atoms with Crippen LogP contribution in [0.1, 0.15) is 43.0 Å². The summed E-state index contributed by atoms with van der Waals surface area (Å²) in [6.07, 6.45) is 1.05. The van der Waals surface area contributed by atoms with Crippen LogP contribution in [0.3, 0.4) is 0 Å². The second-order valence-electron chi connectivity index (χ2n) is 11.1. The molecule has 11 heteroatoms. The van der Waals surface area contributed by atoms with Crippen molar-refractivity contribution in [1.82, 2.24) is 9.88 Å². The average molecular weight is 575 g/mol. The third-order valence-corrected chi connectivity index (χ3v) is 11.8. The summed E-state index contributed by atoms with van der Waals surface area (Å²) in [5.74, 6) is -1.23. The quantitative estimate of drug-likeness (QED) is 0.359. The normalized spacial score (nSPS) is 31.8. The topological polar surface area (TPSA) is 109 Å². The molecule has 38 heavy (non-hydrogen) atoms. The number of H-pyrrole nitrogens is 1. The first-order chi connectivity index (χ1) is 18.2. The number of hydrogen-bond acceptors (Lipinski definition) is 8. The minimum Gasteiger partial charge on any atom is -0.493 e. The second kappa shape index (κ2) is 9.38. The van der Waals surface area contributed by atoms with E-state index in [-0.39, 0.29) is 53.1 Å².